The minimum absolute atomic E-state index is 0. The van der Waals surface area contributed by atoms with Gasteiger partial charge >= 0.3 is 0 Å². The second-order valence-electron chi connectivity index (χ2n) is 6.74. The minimum Gasteiger partial charge on any atom is -0.379 e. The molecule has 1 amide bonds. The normalized spacial score (nSPS) is 14.5. The summed E-state index contributed by atoms with van der Waals surface area (Å²) in [6.45, 7) is 4.76. The van der Waals surface area contributed by atoms with E-state index in [1.165, 1.54) is 23.5 Å². The molecule has 1 saturated heterocycles. The van der Waals surface area contributed by atoms with Crippen molar-refractivity contribution in [3.05, 3.63) is 59.9 Å². The second-order valence-corrected chi connectivity index (χ2v) is 7.75. The predicted molar refractivity (Wildman–Crippen MR) is 117 cm³/mol. The van der Waals surface area contributed by atoms with E-state index in [2.05, 4.69) is 9.88 Å². The van der Waals surface area contributed by atoms with E-state index in [0.29, 0.717) is 17.2 Å². The van der Waals surface area contributed by atoms with Gasteiger partial charge in [0.2, 0.25) is 0 Å². The Labute approximate surface area is 179 Å². The molecule has 0 atom stereocenters. The van der Waals surface area contributed by atoms with E-state index in [0.717, 1.165) is 49.5 Å². The lowest BCUT2D eigenvalue weighted by Gasteiger charge is -2.27. The molecule has 5 nitrogen and oxygen atoms in total. The maximum absolute atomic E-state index is 13.7. The van der Waals surface area contributed by atoms with Gasteiger partial charge in [-0.05, 0) is 36.8 Å². The lowest BCUT2D eigenvalue weighted by Crippen LogP contribution is -2.39. The maximum atomic E-state index is 13.7. The van der Waals surface area contributed by atoms with Crippen LogP contribution < -0.4 is 4.90 Å². The van der Waals surface area contributed by atoms with Crippen LogP contribution in [0.5, 0.6) is 0 Å². The molecule has 1 aliphatic rings. The van der Waals surface area contributed by atoms with E-state index in [4.69, 9.17) is 4.74 Å². The minimum atomic E-state index is -0.414. The number of amides is 1. The van der Waals surface area contributed by atoms with E-state index in [-0.39, 0.29) is 18.3 Å². The fourth-order valence-electron chi connectivity index (χ4n) is 3.31. The Bertz CT molecular complexity index is 929. The quantitative estimate of drug-likeness (QED) is 0.581. The van der Waals surface area contributed by atoms with Crippen molar-refractivity contribution in [3.8, 4) is 0 Å². The third-order valence-electron chi connectivity index (χ3n) is 4.79. The topological polar surface area (TPSA) is 45.7 Å². The second kappa shape index (κ2) is 10.1. The first kappa shape index (κ1) is 21.6. The van der Waals surface area contributed by atoms with E-state index >= 15 is 0 Å². The molecule has 0 spiro atoms. The van der Waals surface area contributed by atoms with Crippen molar-refractivity contribution < 1.29 is 13.9 Å². The average molecular weight is 436 g/mol. The lowest BCUT2D eigenvalue weighted by molar-refractivity contribution is 0.0376. The van der Waals surface area contributed by atoms with Crippen LogP contribution in [-0.2, 0) is 4.74 Å². The van der Waals surface area contributed by atoms with Crippen LogP contribution in [0.4, 0.5) is 9.52 Å². The summed E-state index contributed by atoms with van der Waals surface area (Å²) in [6.07, 6.45) is 0.816. The number of halogens is 2. The molecule has 8 heteroatoms. The maximum Gasteiger partial charge on any atom is 0.260 e. The zero-order valence-corrected chi connectivity index (χ0v) is 17.6. The molecule has 154 valence electrons. The Kier molecular flexibility index (Phi) is 7.55. The highest BCUT2D eigenvalue weighted by Crippen LogP contribution is 2.29. The van der Waals surface area contributed by atoms with Crippen LogP contribution in [0.2, 0.25) is 0 Å². The molecule has 0 aliphatic carbocycles. The Morgan fingerprint density at radius 3 is 2.72 bits per heavy atom. The number of aromatic nitrogens is 1. The monoisotopic (exact) mass is 435 g/mol. The molecule has 1 aliphatic heterocycles. The lowest BCUT2D eigenvalue weighted by atomic mass is 10.2. The van der Waals surface area contributed by atoms with E-state index in [1.807, 2.05) is 24.3 Å². The molecule has 3 aromatic rings. The van der Waals surface area contributed by atoms with Crippen LogP contribution in [0.1, 0.15) is 16.8 Å². The van der Waals surface area contributed by atoms with Crippen molar-refractivity contribution >= 4 is 45.0 Å². The number of rotatable bonds is 6. The van der Waals surface area contributed by atoms with Gasteiger partial charge in [0.1, 0.15) is 5.82 Å². The average Bonchev–Trinajstić information content (AvgIpc) is 3.15. The standard InChI is InChI=1S/C21H22FN3O2S.ClH/c22-17-6-3-5-16(15-17)20(26)25(10-4-9-24-11-13-27-14-12-24)21-23-18-7-1-2-8-19(18)28-21;/h1-3,5-8,15H,4,9-14H2;1H. The van der Waals surface area contributed by atoms with E-state index < -0.39 is 5.82 Å². The first-order valence-corrected chi connectivity index (χ1v) is 10.3. The van der Waals surface area contributed by atoms with Crippen molar-refractivity contribution in [3.63, 3.8) is 0 Å². The number of anilines is 1. The summed E-state index contributed by atoms with van der Waals surface area (Å²) in [7, 11) is 0. The van der Waals surface area contributed by atoms with Crippen LogP contribution in [0.25, 0.3) is 10.2 Å². The summed E-state index contributed by atoms with van der Waals surface area (Å²) in [5.74, 6) is -0.635. The summed E-state index contributed by atoms with van der Waals surface area (Å²) in [5.41, 5.74) is 1.21. The Morgan fingerprint density at radius 1 is 1.17 bits per heavy atom. The van der Waals surface area contributed by atoms with Gasteiger partial charge in [0.25, 0.3) is 5.91 Å². The highest BCUT2D eigenvalue weighted by molar-refractivity contribution is 7.22. The van der Waals surface area contributed by atoms with Gasteiger partial charge in [-0.3, -0.25) is 14.6 Å². The molecule has 1 fully saturated rings. The van der Waals surface area contributed by atoms with Crippen molar-refractivity contribution in [1.29, 1.82) is 0 Å². The van der Waals surface area contributed by atoms with Gasteiger partial charge in [-0.2, -0.15) is 0 Å². The van der Waals surface area contributed by atoms with Crippen LogP contribution in [0, 0.1) is 5.82 Å². The fourth-order valence-corrected chi connectivity index (χ4v) is 4.30. The third kappa shape index (κ3) is 5.30. The zero-order chi connectivity index (χ0) is 19.3. The number of hydrogen-bond donors (Lipinski definition) is 0. The zero-order valence-electron chi connectivity index (χ0n) is 15.9. The first-order chi connectivity index (χ1) is 13.7. The van der Waals surface area contributed by atoms with Crippen molar-refractivity contribution in [2.24, 2.45) is 0 Å². The molecule has 4 rings (SSSR count). The molecular weight excluding hydrogens is 413 g/mol. The number of thiazole rings is 1. The van der Waals surface area contributed by atoms with Crippen LogP contribution in [-0.4, -0.2) is 55.2 Å². The Morgan fingerprint density at radius 2 is 1.97 bits per heavy atom. The molecule has 0 radical (unpaired) electrons. The molecule has 1 aromatic heterocycles. The smallest absolute Gasteiger partial charge is 0.260 e. The molecule has 2 aromatic carbocycles. The number of nitrogens with zero attached hydrogens (tertiary/aromatic N) is 3. The number of fused-ring (bicyclic) bond motifs is 1. The van der Waals surface area contributed by atoms with E-state index in [1.54, 1.807) is 17.0 Å². The van der Waals surface area contributed by atoms with Crippen LogP contribution >= 0.6 is 23.7 Å². The SMILES string of the molecule is Cl.O=C(c1cccc(F)c1)N(CCCN1CCOCC1)c1nc2ccccc2s1. The van der Waals surface area contributed by atoms with Crippen LogP contribution in [0.3, 0.4) is 0 Å². The molecule has 0 N–H and O–H groups in total. The molecule has 29 heavy (non-hydrogen) atoms. The van der Waals surface area contributed by atoms with Gasteiger partial charge in [-0.1, -0.05) is 29.5 Å². The summed E-state index contributed by atoms with van der Waals surface area (Å²) in [6, 6.07) is 13.7. The van der Waals surface area contributed by atoms with Gasteiger partial charge in [0.05, 0.1) is 23.4 Å². The van der Waals surface area contributed by atoms with Crippen LogP contribution in [0.15, 0.2) is 48.5 Å². The summed E-state index contributed by atoms with van der Waals surface area (Å²) in [5, 5.41) is 0.650. The summed E-state index contributed by atoms with van der Waals surface area (Å²) in [4.78, 5) is 21.8. The largest absolute Gasteiger partial charge is 0.379 e. The summed E-state index contributed by atoms with van der Waals surface area (Å²) < 4.78 is 20.1. The first-order valence-electron chi connectivity index (χ1n) is 9.44. The van der Waals surface area contributed by atoms with E-state index in [9.17, 15) is 9.18 Å². The number of benzene rings is 2. The van der Waals surface area contributed by atoms with Gasteiger partial charge in [-0.25, -0.2) is 9.37 Å². The molecule has 0 unspecified atom stereocenters. The Balaban J connectivity index is 0.00000240. The summed E-state index contributed by atoms with van der Waals surface area (Å²) >= 11 is 1.49. The van der Waals surface area contributed by atoms with Gasteiger partial charge in [-0.15, -0.1) is 12.4 Å². The van der Waals surface area contributed by atoms with Gasteiger partial charge in [0, 0.05) is 31.7 Å². The number of carbonyl (C=O) groups is 1. The van der Waals surface area contributed by atoms with Gasteiger partial charge < -0.3 is 4.74 Å². The number of morpholine rings is 1. The highest BCUT2D eigenvalue weighted by atomic mass is 35.5. The number of hydrogen-bond acceptors (Lipinski definition) is 5. The van der Waals surface area contributed by atoms with Crippen molar-refractivity contribution in [1.82, 2.24) is 9.88 Å². The molecule has 2 heterocycles. The third-order valence-corrected chi connectivity index (χ3v) is 5.85. The Hall–Kier alpha value is -2.06. The fraction of sp³-hybridized carbons (Fsp3) is 0.333. The van der Waals surface area contributed by atoms with Crippen molar-refractivity contribution in [2.75, 3.05) is 44.3 Å². The highest BCUT2D eigenvalue weighted by Gasteiger charge is 2.22. The number of ether oxygens (including phenoxy) is 1. The van der Waals surface area contributed by atoms with Crippen molar-refractivity contribution in [2.45, 2.75) is 6.42 Å². The molecule has 0 saturated carbocycles. The number of carbonyl (C=O) groups excluding carboxylic acids is 1. The molecule has 0 bridgehead atoms. The number of para-hydroxylation sites is 1. The van der Waals surface area contributed by atoms with Gasteiger partial charge in [0.15, 0.2) is 5.13 Å². The molecular formula is C21H23ClFN3O2S. The predicted octanol–water partition coefficient (Wildman–Crippen LogP) is 4.23.